The summed E-state index contributed by atoms with van der Waals surface area (Å²) in [6.07, 6.45) is 0.947. The molecule has 2 unspecified atom stereocenters. The molecule has 0 bridgehead atoms. The van der Waals surface area contributed by atoms with Gasteiger partial charge in [0.2, 0.25) is 0 Å². The summed E-state index contributed by atoms with van der Waals surface area (Å²) in [6.45, 7) is 6.49. The van der Waals surface area contributed by atoms with Crippen LogP contribution in [0.1, 0.15) is 13.3 Å². The second-order valence-electron chi connectivity index (χ2n) is 3.93. The normalized spacial score (nSPS) is 25.5. The molecule has 0 aromatic heterocycles. The lowest BCUT2D eigenvalue weighted by Gasteiger charge is -2.17. The van der Waals surface area contributed by atoms with Gasteiger partial charge in [-0.25, -0.2) is 0 Å². The number of rotatable bonds is 6. The van der Waals surface area contributed by atoms with Crippen molar-refractivity contribution in [3.63, 3.8) is 0 Å². The first-order valence-corrected chi connectivity index (χ1v) is 5.96. The van der Waals surface area contributed by atoms with E-state index in [0.717, 1.165) is 45.0 Å². The van der Waals surface area contributed by atoms with Gasteiger partial charge in [0, 0.05) is 18.8 Å². The van der Waals surface area contributed by atoms with Gasteiger partial charge in [-0.3, -0.25) is 0 Å². The minimum absolute atomic E-state index is 0.168. The van der Waals surface area contributed by atoms with Crippen LogP contribution in [0.2, 0.25) is 0 Å². The topological polar surface area (TPSA) is 32.7 Å². The molecular formula is C10H21NO2S. The molecule has 2 atom stereocenters. The van der Waals surface area contributed by atoms with E-state index >= 15 is 0 Å². The maximum absolute atomic E-state index is 9.41. The summed E-state index contributed by atoms with van der Waals surface area (Å²) in [5.41, 5.74) is 0. The van der Waals surface area contributed by atoms with Crippen LogP contribution < -0.4 is 0 Å². The molecule has 1 N–H and O–H groups in total. The number of aliphatic hydroxyl groups excluding tert-OH is 1. The van der Waals surface area contributed by atoms with Crippen LogP contribution in [0.4, 0.5) is 0 Å². The van der Waals surface area contributed by atoms with Crippen molar-refractivity contribution in [1.82, 2.24) is 4.90 Å². The molecule has 1 saturated heterocycles. The molecule has 0 amide bonds. The summed E-state index contributed by atoms with van der Waals surface area (Å²) in [5.74, 6) is 1.25. The zero-order valence-corrected chi connectivity index (χ0v) is 9.75. The molecule has 1 aliphatic heterocycles. The van der Waals surface area contributed by atoms with E-state index in [2.05, 4.69) is 17.5 Å². The summed E-state index contributed by atoms with van der Waals surface area (Å²) in [4.78, 5) is 2.36. The van der Waals surface area contributed by atoms with Gasteiger partial charge >= 0.3 is 0 Å². The lowest BCUT2D eigenvalue weighted by Crippen LogP contribution is -2.27. The number of ether oxygens (including phenoxy) is 1. The van der Waals surface area contributed by atoms with Gasteiger partial charge in [0.25, 0.3) is 0 Å². The van der Waals surface area contributed by atoms with Gasteiger partial charge in [-0.15, -0.1) is 0 Å². The Hall–Kier alpha value is 0.230. The molecule has 0 radical (unpaired) electrons. The lowest BCUT2D eigenvalue weighted by molar-refractivity contribution is 0.108. The van der Waals surface area contributed by atoms with Crippen molar-refractivity contribution in [2.45, 2.75) is 19.4 Å². The van der Waals surface area contributed by atoms with Crippen molar-refractivity contribution < 1.29 is 9.84 Å². The maximum Gasteiger partial charge on any atom is 0.0593 e. The van der Waals surface area contributed by atoms with Crippen LogP contribution in [0, 0.1) is 5.92 Å². The van der Waals surface area contributed by atoms with E-state index in [9.17, 15) is 5.11 Å². The average molecular weight is 219 g/mol. The Kier molecular flexibility index (Phi) is 5.86. The Balaban J connectivity index is 2.04. The van der Waals surface area contributed by atoms with Gasteiger partial charge < -0.3 is 14.7 Å². The van der Waals surface area contributed by atoms with E-state index in [1.54, 1.807) is 0 Å². The van der Waals surface area contributed by atoms with Crippen molar-refractivity contribution in [3.05, 3.63) is 0 Å². The van der Waals surface area contributed by atoms with Crippen LogP contribution in [-0.4, -0.2) is 54.7 Å². The summed E-state index contributed by atoms with van der Waals surface area (Å²) >= 11 is 4.07. The molecule has 3 nitrogen and oxygen atoms in total. The van der Waals surface area contributed by atoms with Gasteiger partial charge in [0.1, 0.15) is 0 Å². The summed E-state index contributed by atoms with van der Waals surface area (Å²) in [6, 6.07) is 0. The quantitative estimate of drug-likeness (QED) is 0.508. The highest BCUT2D eigenvalue weighted by molar-refractivity contribution is 7.80. The van der Waals surface area contributed by atoms with Crippen LogP contribution in [0.25, 0.3) is 0 Å². The standard InChI is InChI=1S/C10H21NO2S/c1-9(12)10-2-3-11(8-10)4-5-13-6-7-14/h9-10,12,14H,2-8H2,1H3. The Morgan fingerprint density at radius 2 is 2.36 bits per heavy atom. The van der Waals surface area contributed by atoms with Crippen LogP contribution in [-0.2, 0) is 4.74 Å². The van der Waals surface area contributed by atoms with Gasteiger partial charge in [-0.1, -0.05) is 0 Å². The molecule has 14 heavy (non-hydrogen) atoms. The zero-order valence-electron chi connectivity index (χ0n) is 8.85. The fourth-order valence-electron chi connectivity index (χ4n) is 1.82. The summed E-state index contributed by atoms with van der Waals surface area (Å²) in [5, 5.41) is 9.41. The summed E-state index contributed by atoms with van der Waals surface area (Å²) in [7, 11) is 0. The predicted octanol–water partition coefficient (Wildman–Crippen LogP) is 0.635. The second-order valence-corrected chi connectivity index (χ2v) is 4.37. The number of thiol groups is 1. The number of hydrogen-bond acceptors (Lipinski definition) is 4. The van der Waals surface area contributed by atoms with Crippen LogP contribution >= 0.6 is 12.6 Å². The SMILES string of the molecule is CC(O)C1CCN(CCOCCS)C1. The van der Waals surface area contributed by atoms with Crippen LogP contribution in [0.15, 0.2) is 0 Å². The highest BCUT2D eigenvalue weighted by Gasteiger charge is 2.25. The van der Waals surface area contributed by atoms with Crippen molar-refractivity contribution in [1.29, 1.82) is 0 Å². The van der Waals surface area contributed by atoms with Crippen LogP contribution in [0.3, 0.4) is 0 Å². The molecule has 1 rings (SSSR count). The first kappa shape index (κ1) is 12.3. The van der Waals surface area contributed by atoms with Crippen molar-refractivity contribution in [2.75, 3.05) is 38.6 Å². The number of aliphatic hydroxyl groups is 1. The first-order valence-electron chi connectivity index (χ1n) is 5.33. The number of nitrogens with zero attached hydrogens (tertiary/aromatic N) is 1. The zero-order chi connectivity index (χ0) is 10.4. The highest BCUT2D eigenvalue weighted by Crippen LogP contribution is 2.18. The first-order chi connectivity index (χ1) is 6.74. The fourth-order valence-corrected chi connectivity index (χ4v) is 1.95. The average Bonchev–Trinajstić information content (AvgIpc) is 2.61. The molecule has 1 aliphatic rings. The second kappa shape index (κ2) is 6.67. The molecule has 84 valence electrons. The van der Waals surface area contributed by atoms with Gasteiger partial charge in [0.15, 0.2) is 0 Å². The molecule has 1 fully saturated rings. The largest absolute Gasteiger partial charge is 0.393 e. The minimum atomic E-state index is -0.168. The van der Waals surface area contributed by atoms with E-state index in [0.29, 0.717) is 5.92 Å². The molecule has 1 heterocycles. The van der Waals surface area contributed by atoms with E-state index < -0.39 is 0 Å². The molecule has 0 aromatic rings. The Morgan fingerprint density at radius 3 is 2.93 bits per heavy atom. The fraction of sp³-hybridized carbons (Fsp3) is 1.00. The monoisotopic (exact) mass is 219 g/mol. The van der Waals surface area contributed by atoms with E-state index in [-0.39, 0.29) is 6.10 Å². The van der Waals surface area contributed by atoms with Crippen LogP contribution in [0.5, 0.6) is 0 Å². The molecule has 0 aromatic carbocycles. The van der Waals surface area contributed by atoms with Crippen molar-refractivity contribution in [3.8, 4) is 0 Å². The van der Waals surface area contributed by atoms with Gasteiger partial charge in [-0.05, 0) is 25.8 Å². The van der Waals surface area contributed by atoms with E-state index in [4.69, 9.17) is 4.74 Å². The molecule has 0 saturated carbocycles. The Labute approximate surface area is 91.8 Å². The third-order valence-corrected chi connectivity index (χ3v) is 2.96. The smallest absolute Gasteiger partial charge is 0.0593 e. The van der Waals surface area contributed by atoms with Crippen molar-refractivity contribution in [2.24, 2.45) is 5.92 Å². The molecular weight excluding hydrogens is 198 g/mol. The molecule has 0 aliphatic carbocycles. The highest BCUT2D eigenvalue weighted by atomic mass is 32.1. The van der Waals surface area contributed by atoms with E-state index in [1.165, 1.54) is 0 Å². The third-order valence-electron chi connectivity index (χ3n) is 2.78. The van der Waals surface area contributed by atoms with Crippen molar-refractivity contribution >= 4 is 12.6 Å². The van der Waals surface area contributed by atoms with E-state index in [1.807, 2.05) is 6.92 Å². The number of likely N-dealkylation sites (tertiary alicyclic amines) is 1. The Bertz CT molecular complexity index is 155. The minimum Gasteiger partial charge on any atom is -0.393 e. The maximum atomic E-state index is 9.41. The van der Waals surface area contributed by atoms with Gasteiger partial charge in [0.05, 0.1) is 19.3 Å². The number of hydrogen-bond donors (Lipinski definition) is 2. The third kappa shape index (κ3) is 4.17. The predicted molar refractivity (Wildman–Crippen MR) is 60.9 cm³/mol. The lowest BCUT2D eigenvalue weighted by atomic mass is 10.0. The summed E-state index contributed by atoms with van der Waals surface area (Å²) < 4.78 is 5.36. The molecule has 4 heteroatoms. The Morgan fingerprint density at radius 1 is 1.57 bits per heavy atom. The van der Waals surface area contributed by atoms with Gasteiger partial charge in [-0.2, -0.15) is 12.6 Å². The molecule has 0 spiro atoms.